The molecule has 0 aromatic heterocycles. The minimum atomic E-state index is -0.500. The summed E-state index contributed by atoms with van der Waals surface area (Å²) in [6.07, 6.45) is 0. The molecule has 0 spiro atoms. The molecular weight excluding hydrogens is 315 g/mol. The number of carbonyl (C=O) groups excluding carboxylic acids is 1. The molecule has 1 amide bonds. The van der Waals surface area contributed by atoms with Crippen molar-refractivity contribution in [2.24, 2.45) is 5.92 Å². The van der Waals surface area contributed by atoms with Crippen LogP contribution in [0.15, 0.2) is 48.5 Å². The van der Waals surface area contributed by atoms with Gasteiger partial charge >= 0.3 is 0 Å². The van der Waals surface area contributed by atoms with Crippen LogP contribution in [0.3, 0.4) is 0 Å². The van der Waals surface area contributed by atoms with Crippen LogP contribution in [-0.4, -0.2) is 12.5 Å². The second kappa shape index (κ2) is 8.09. The van der Waals surface area contributed by atoms with Gasteiger partial charge in [-0.3, -0.25) is 4.79 Å². The van der Waals surface area contributed by atoms with Gasteiger partial charge in [0.2, 0.25) is 0 Å². The molecule has 0 radical (unpaired) electrons. The summed E-state index contributed by atoms with van der Waals surface area (Å²) < 4.78 is 13.1. The van der Waals surface area contributed by atoms with Gasteiger partial charge < -0.3 is 10.6 Å². The minimum Gasteiger partial charge on any atom is -0.332 e. The summed E-state index contributed by atoms with van der Waals surface area (Å²) in [5, 5.41) is 4.75. The molecule has 0 unspecified atom stereocenters. The van der Waals surface area contributed by atoms with Crippen molar-refractivity contribution in [1.29, 1.82) is 0 Å². The number of nitrogens with two attached hydrogens (primary N) is 1. The zero-order valence-corrected chi connectivity index (χ0v) is 14.0. The molecule has 122 valence electrons. The van der Waals surface area contributed by atoms with Gasteiger partial charge in [0, 0.05) is 17.2 Å². The molecule has 2 aromatic carbocycles. The van der Waals surface area contributed by atoms with Gasteiger partial charge in [0.25, 0.3) is 5.91 Å². The van der Waals surface area contributed by atoms with E-state index in [1.54, 1.807) is 0 Å². The molecule has 0 aliphatic heterocycles. The normalized spacial score (nSPS) is 12.2. The van der Waals surface area contributed by atoms with E-state index in [1.165, 1.54) is 23.8 Å². The molecule has 0 saturated heterocycles. The summed E-state index contributed by atoms with van der Waals surface area (Å²) in [6, 6.07) is 14.5. The van der Waals surface area contributed by atoms with E-state index in [2.05, 4.69) is 31.3 Å². The summed E-state index contributed by atoms with van der Waals surface area (Å²) in [6.45, 7) is 4.55. The van der Waals surface area contributed by atoms with E-state index in [1.807, 2.05) is 23.5 Å². The van der Waals surface area contributed by atoms with Gasteiger partial charge in [-0.15, -0.1) is 0 Å². The van der Waals surface area contributed by atoms with Crippen molar-refractivity contribution < 1.29 is 14.5 Å². The van der Waals surface area contributed by atoms with Gasteiger partial charge in [-0.2, -0.15) is 0 Å². The lowest BCUT2D eigenvalue weighted by Crippen LogP contribution is -2.88. The highest BCUT2D eigenvalue weighted by molar-refractivity contribution is 6.31. The van der Waals surface area contributed by atoms with Crippen LogP contribution in [0.4, 0.5) is 10.1 Å². The number of hydrogen-bond donors (Lipinski definition) is 2. The second-order valence-corrected chi connectivity index (χ2v) is 6.20. The van der Waals surface area contributed by atoms with Crippen LogP contribution in [0.25, 0.3) is 0 Å². The van der Waals surface area contributed by atoms with Crippen LogP contribution >= 0.6 is 11.6 Å². The Kier molecular flexibility index (Phi) is 6.13. The lowest BCUT2D eigenvalue weighted by atomic mass is 9.96. The van der Waals surface area contributed by atoms with Crippen molar-refractivity contribution in [3.8, 4) is 0 Å². The zero-order chi connectivity index (χ0) is 16.8. The molecule has 0 saturated carbocycles. The van der Waals surface area contributed by atoms with Crippen LogP contribution in [0.2, 0.25) is 5.02 Å². The third kappa shape index (κ3) is 5.05. The minimum absolute atomic E-state index is 0.00359. The molecule has 2 aromatic rings. The number of nitrogens with one attached hydrogen (secondary N) is 1. The monoisotopic (exact) mass is 335 g/mol. The van der Waals surface area contributed by atoms with Crippen LogP contribution < -0.4 is 10.6 Å². The van der Waals surface area contributed by atoms with E-state index in [9.17, 15) is 9.18 Å². The summed E-state index contributed by atoms with van der Waals surface area (Å²) in [5.41, 5.74) is 1.69. The molecule has 5 heteroatoms. The number of anilines is 1. The largest absolute Gasteiger partial charge is 0.332 e. The average molecular weight is 336 g/mol. The molecule has 3 N–H and O–H groups in total. The molecule has 2 rings (SSSR count). The standard InChI is InChI=1S/C18H20ClFN2O/c1-12(2)18(13-6-4-3-5-7-13)21-11-17(23)22-14-8-9-16(20)15(19)10-14/h3-10,12,18,21H,11H2,1-2H3,(H,22,23)/p+1/t18-/m1/s1. The van der Waals surface area contributed by atoms with Gasteiger partial charge in [-0.1, -0.05) is 55.8 Å². The Morgan fingerprint density at radius 2 is 1.91 bits per heavy atom. The van der Waals surface area contributed by atoms with Gasteiger partial charge in [-0.05, 0) is 18.2 Å². The number of hydrogen-bond acceptors (Lipinski definition) is 1. The highest BCUT2D eigenvalue weighted by atomic mass is 35.5. The molecule has 0 aliphatic carbocycles. The van der Waals surface area contributed by atoms with E-state index in [4.69, 9.17) is 11.6 Å². The first-order chi connectivity index (χ1) is 11.0. The molecular formula is C18H21ClFN2O+. The first-order valence-electron chi connectivity index (χ1n) is 7.60. The number of halogens is 2. The topological polar surface area (TPSA) is 45.7 Å². The fourth-order valence-electron chi connectivity index (χ4n) is 2.49. The highest BCUT2D eigenvalue weighted by Crippen LogP contribution is 2.19. The van der Waals surface area contributed by atoms with Crippen molar-refractivity contribution in [3.63, 3.8) is 0 Å². The molecule has 0 bridgehead atoms. The van der Waals surface area contributed by atoms with E-state index in [0.29, 0.717) is 11.6 Å². The number of amides is 1. The predicted molar refractivity (Wildman–Crippen MR) is 90.9 cm³/mol. The third-order valence-electron chi connectivity index (χ3n) is 3.66. The quantitative estimate of drug-likeness (QED) is 0.835. The Morgan fingerprint density at radius 1 is 1.22 bits per heavy atom. The third-order valence-corrected chi connectivity index (χ3v) is 3.95. The molecule has 0 fully saturated rings. The van der Waals surface area contributed by atoms with Crippen molar-refractivity contribution in [1.82, 2.24) is 0 Å². The van der Waals surface area contributed by atoms with E-state index in [0.717, 1.165) is 0 Å². The van der Waals surface area contributed by atoms with E-state index < -0.39 is 5.82 Å². The molecule has 1 atom stereocenters. The number of carbonyl (C=O) groups is 1. The fraction of sp³-hybridized carbons (Fsp3) is 0.278. The van der Waals surface area contributed by atoms with Crippen molar-refractivity contribution in [3.05, 3.63) is 64.9 Å². The number of quaternary nitrogens is 1. The summed E-state index contributed by atoms with van der Waals surface area (Å²) in [7, 11) is 0. The van der Waals surface area contributed by atoms with Crippen LogP contribution in [-0.2, 0) is 4.79 Å². The Hall–Kier alpha value is -1.91. The Labute approximate surface area is 140 Å². The summed E-state index contributed by atoms with van der Waals surface area (Å²) in [5.74, 6) is -0.250. The van der Waals surface area contributed by atoms with Crippen LogP contribution in [0, 0.1) is 11.7 Å². The SMILES string of the molecule is CC(C)[C@@H]([NH2+]CC(=O)Nc1ccc(F)c(Cl)c1)c1ccccc1. The van der Waals surface area contributed by atoms with Gasteiger partial charge in [0.05, 0.1) is 5.02 Å². The highest BCUT2D eigenvalue weighted by Gasteiger charge is 2.20. The fourth-order valence-corrected chi connectivity index (χ4v) is 2.67. The predicted octanol–water partition coefficient (Wildman–Crippen LogP) is 3.38. The van der Waals surface area contributed by atoms with E-state index in [-0.39, 0.29) is 23.5 Å². The maximum absolute atomic E-state index is 13.1. The Balaban J connectivity index is 1.95. The smallest absolute Gasteiger partial charge is 0.279 e. The van der Waals surface area contributed by atoms with Crippen molar-refractivity contribution in [2.75, 3.05) is 11.9 Å². The number of rotatable bonds is 6. The lowest BCUT2D eigenvalue weighted by molar-refractivity contribution is -0.692. The average Bonchev–Trinajstić information content (AvgIpc) is 2.52. The van der Waals surface area contributed by atoms with Gasteiger partial charge in [0.1, 0.15) is 11.9 Å². The summed E-state index contributed by atoms with van der Waals surface area (Å²) >= 11 is 5.71. The lowest BCUT2D eigenvalue weighted by Gasteiger charge is -2.19. The zero-order valence-electron chi connectivity index (χ0n) is 13.2. The van der Waals surface area contributed by atoms with Crippen molar-refractivity contribution in [2.45, 2.75) is 19.9 Å². The van der Waals surface area contributed by atoms with Crippen LogP contribution in [0.5, 0.6) is 0 Å². The van der Waals surface area contributed by atoms with Gasteiger partial charge in [-0.25, -0.2) is 4.39 Å². The first kappa shape index (κ1) is 17.4. The summed E-state index contributed by atoms with van der Waals surface area (Å²) in [4.78, 5) is 12.1. The van der Waals surface area contributed by atoms with E-state index >= 15 is 0 Å². The maximum Gasteiger partial charge on any atom is 0.279 e. The molecule has 0 heterocycles. The van der Waals surface area contributed by atoms with Gasteiger partial charge in [0.15, 0.2) is 6.54 Å². The molecule has 3 nitrogen and oxygen atoms in total. The second-order valence-electron chi connectivity index (χ2n) is 5.80. The number of benzene rings is 2. The Morgan fingerprint density at radius 3 is 2.52 bits per heavy atom. The maximum atomic E-state index is 13.1. The first-order valence-corrected chi connectivity index (χ1v) is 7.98. The Bertz CT molecular complexity index is 661. The molecule has 23 heavy (non-hydrogen) atoms. The van der Waals surface area contributed by atoms with Crippen molar-refractivity contribution >= 4 is 23.2 Å². The molecule has 0 aliphatic rings. The van der Waals surface area contributed by atoms with Crippen LogP contribution in [0.1, 0.15) is 25.5 Å².